The van der Waals surface area contributed by atoms with Gasteiger partial charge in [0.2, 0.25) is 0 Å². The summed E-state index contributed by atoms with van der Waals surface area (Å²) in [7, 11) is 0. The molecule has 0 aromatic heterocycles. The van der Waals surface area contributed by atoms with Gasteiger partial charge >= 0.3 is 0 Å². The number of azo groups is 1. The van der Waals surface area contributed by atoms with E-state index >= 15 is 0 Å². The quantitative estimate of drug-likeness (QED) is 0.698. The largest absolute Gasteiger partial charge is 0.184 e. The molecule has 1 aromatic rings. The van der Waals surface area contributed by atoms with E-state index in [1.165, 1.54) is 11.1 Å². The summed E-state index contributed by atoms with van der Waals surface area (Å²) in [5.41, 5.74) is 2.38. The topological polar surface area (TPSA) is 24.7 Å². The normalized spacial score (nSPS) is 14.9. The van der Waals surface area contributed by atoms with Crippen LogP contribution in [0.2, 0.25) is 0 Å². The number of hydrogen-bond donors (Lipinski definition) is 0. The Morgan fingerprint density at radius 2 is 1.92 bits per heavy atom. The summed E-state index contributed by atoms with van der Waals surface area (Å²) in [6.07, 6.45) is 1.81. The van der Waals surface area contributed by atoms with Gasteiger partial charge in [0.15, 0.2) is 0 Å². The van der Waals surface area contributed by atoms with Crippen LogP contribution >= 0.6 is 15.9 Å². The first-order chi connectivity index (χ1) is 5.86. The van der Waals surface area contributed by atoms with Crippen LogP contribution in [-0.4, -0.2) is 6.54 Å². The maximum absolute atomic E-state index is 3.88. The Labute approximate surface area is 79.1 Å². The second-order valence-electron chi connectivity index (χ2n) is 2.58. The van der Waals surface area contributed by atoms with E-state index in [9.17, 15) is 0 Å². The van der Waals surface area contributed by atoms with Crippen LogP contribution in [0.4, 0.5) is 0 Å². The summed E-state index contributed by atoms with van der Waals surface area (Å²) in [6.45, 7) is 0.710. The molecule has 0 N–H and O–H groups in total. The lowest BCUT2D eigenvalue weighted by molar-refractivity contribution is 1.14. The summed E-state index contributed by atoms with van der Waals surface area (Å²) in [5.74, 6) is 0. The Balaban J connectivity index is 2.30. The third-order valence-corrected chi connectivity index (χ3v) is 2.28. The van der Waals surface area contributed by atoms with Crippen LogP contribution in [0.5, 0.6) is 0 Å². The molecule has 0 aliphatic carbocycles. The van der Waals surface area contributed by atoms with Crippen molar-refractivity contribution in [3.05, 3.63) is 40.5 Å². The molecule has 0 bridgehead atoms. The summed E-state index contributed by atoms with van der Waals surface area (Å²) in [4.78, 5) is 0. The van der Waals surface area contributed by atoms with Gasteiger partial charge in [-0.2, -0.15) is 10.2 Å². The Kier molecular flexibility index (Phi) is 2.04. The predicted octanol–water partition coefficient (Wildman–Crippen LogP) is 3.26. The Morgan fingerprint density at radius 1 is 1.17 bits per heavy atom. The van der Waals surface area contributed by atoms with Gasteiger partial charge in [-0.3, -0.25) is 0 Å². The minimum atomic E-state index is 0.710. The lowest BCUT2D eigenvalue weighted by Gasteiger charge is -1.98. The molecule has 2 rings (SSSR count). The molecule has 0 radical (unpaired) electrons. The molecule has 12 heavy (non-hydrogen) atoms. The van der Waals surface area contributed by atoms with E-state index < -0.39 is 0 Å². The van der Waals surface area contributed by atoms with Gasteiger partial charge in [-0.1, -0.05) is 28.1 Å². The van der Waals surface area contributed by atoms with Gasteiger partial charge in [-0.05, 0) is 17.7 Å². The van der Waals surface area contributed by atoms with E-state index in [0.717, 1.165) is 4.47 Å². The molecule has 2 nitrogen and oxygen atoms in total. The molecule has 1 aliphatic rings. The van der Waals surface area contributed by atoms with Gasteiger partial charge in [0.1, 0.15) is 0 Å². The highest BCUT2D eigenvalue weighted by atomic mass is 79.9. The first-order valence-electron chi connectivity index (χ1n) is 3.68. The number of hydrogen-bond acceptors (Lipinski definition) is 2. The van der Waals surface area contributed by atoms with Crippen molar-refractivity contribution in [2.75, 3.05) is 6.54 Å². The van der Waals surface area contributed by atoms with Crippen LogP contribution in [0, 0.1) is 0 Å². The van der Waals surface area contributed by atoms with Crippen molar-refractivity contribution in [2.45, 2.75) is 0 Å². The van der Waals surface area contributed by atoms with Crippen LogP contribution in [0.25, 0.3) is 5.57 Å². The zero-order valence-electron chi connectivity index (χ0n) is 6.37. The highest BCUT2D eigenvalue weighted by Crippen LogP contribution is 2.20. The number of benzene rings is 1. The van der Waals surface area contributed by atoms with Crippen LogP contribution in [0.1, 0.15) is 5.56 Å². The average Bonchev–Trinajstić information content (AvgIpc) is 2.58. The molecule has 0 unspecified atom stereocenters. The fraction of sp³-hybridized carbons (Fsp3) is 0.111. The second-order valence-corrected chi connectivity index (χ2v) is 3.49. The molecule has 60 valence electrons. The lowest BCUT2D eigenvalue weighted by atomic mass is 10.1. The fourth-order valence-electron chi connectivity index (χ4n) is 1.10. The van der Waals surface area contributed by atoms with Crippen molar-refractivity contribution in [1.29, 1.82) is 0 Å². The summed E-state index contributed by atoms with van der Waals surface area (Å²) in [5, 5.41) is 7.70. The lowest BCUT2D eigenvalue weighted by Crippen LogP contribution is -1.83. The van der Waals surface area contributed by atoms with Crippen LogP contribution in [0.15, 0.2) is 45.2 Å². The number of halogens is 1. The van der Waals surface area contributed by atoms with Crippen molar-refractivity contribution in [3.8, 4) is 0 Å². The van der Waals surface area contributed by atoms with Gasteiger partial charge in [0.25, 0.3) is 0 Å². The van der Waals surface area contributed by atoms with Gasteiger partial charge in [0.05, 0.1) is 12.7 Å². The van der Waals surface area contributed by atoms with Gasteiger partial charge < -0.3 is 0 Å². The summed E-state index contributed by atoms with van der Waals surface area (Å²) in [6, 6.07) is 8.17. The second kappa shape index (κ2) is 3.19. The van der Waals surface area contributed by atoms with Gasteiger partial charge in [0, 0.05) is 10.0 Å². The molecule has 0 saturated carbocycles. The SMILES string of the molecule is Brc1ccc(C2=CN=NC2)cc1. The van der Waals surface area contributed by atoms with Gasteiger partial charge in [-0.15, -0.1) is 0 Å². The minimum absolute atomic E-state index is 0.710. The molecule has 0 atom stereocenters. The first-order valence-corrected chi connectivity index (χ1v) is 4.47. The van der Waals surface area contributed by atoms with Crippen molar-refractivity contribution >= 4 is 21.5 Å². The maximum atomic E-state index is 3.88. The highest BCUT2D eigenvalue weighted by Gasteiger charge is 2.03. The zero-order valence-corrected chi connectivity index (χ0v) is 7.95. The maximum Gasteiger partial charge on any atom is 0.0874 e. The van der Waals surface area contributed by atoms with E-state index in [2.05, 4.69) is 38.3 Å². The third-order valence-electron chi connectivity index (χ3n) is 1.75. The first kappa shape index (κ1) is 7.68. The smallest absolute Gasteiger partial charge is 0.0874 e. The molecule has 0 spiro atoms. The van der Waals surface area contributed by atoms with Crippen molar-refractivity contribution < 1.29 is 0 Å². The van der Waals surface area contributed by atoms with Crippen molar-refractivity contribution in [3.63, 3.8) is 0 Å². The fourth-order valence-corrected chi connectivity index (χ4v) is 1.36. The summed E-state index contributed by atoms with van der Waals surface area (Å²) < 4.78 is 1.10. The molecule has 1 aromatic carbocycles. The van der Waals surface area contributed by atoms with Crippen LogP contribution in [0.3, 0.4) is 0 Å². The van der Waals surface area contributed by atoms with Crippen molar-refractivity contribution in [2.24, 2.45) is 10.2 Å². The summed E-state index contributed by atoms with van der Waals surface area (Å²) >= 11 is 3.39. The molecular formula is C9H7BrN2. The highest BCUT2D eigenvalue weighted by molar-refractivity contribution is 9.10. The minimum Gasteiger partial charge on any atom is -0.184 e. The molecular weight excluding hydrogens is 216 g/mol. The Morgan fingerprint density at radius 3 is 2.50 bits per heavy atom. The van der Waals surface area contributed by atoms with E-state index in [0.29, 0.717) is 6.54 Å². The molecule has 0 fully saturated rings. The standard InChI is InChI=1S/C9H7BrN2/c10-9-3-1-7(2-4-9)8-5-11-12-6-8/h1-5H,6H2. The average molecular weight is 223 g/mol. The Hall–Kier alpha value is -0.960. The van der Waals surface area contributed by atoms with Crippen molar-refractivity contribution in [1.82, 2.24) is 0 Å². The Bertz CT molecular complexity index is 338. The molecule has 0 amide bonds. The van der Waals surface area contributed by atoms with Crippen LogP contribution < -0.4 is 0 Å². The molecule has 1 aliphatic heterocycles. The number of nitrogens with zero attached hydrogens (tertiary/aromatic N) is 2. The molecule has 3 heteroatoms. The van der Waals surface area contributed by atoms with Gasteiger partial charge in [-0.25, -0.2) is 0 Å². The zero-order chi connectivity index (χ0) is 8.39. The van der Waals surface area contributed by atoms with E-state index in [1.54, 1.807) is 0 Å². The molecule has 0 saturated heterocycles. The van der Waals surface area contributed by atoms with Crippen LogP contribution in [-0.2, 0) is 0 Å². The van der Waals surface area contributed by atoms with E-state index in [1.807, 2.05) is 18.3 Å². The number of rotatable bonds is 1. The molecule has 1 heterocycles. The van der Waals surface area contributed by atoms with E-state index in [4.69, 9.17) is 0 Å². The third kappa shape index (κ3) is 1.46. The van der Waals surface area contributed by atoms with E-state index in [-0.39, 0.29) is 0 Å². The predicted molar refractivity (Wildman–Crippen MR) is 51.8 cm³/mol. The monoisotopic (exact) mass is 222 g/mol.